The summed E-state index contributed by atoms with van der Waals surface area (Å²) >= 11 is 9.40. The van der Waals surface area contributed by atoms with Crippen LogP contribution in [-0.4, -0.2) is 20.7 Å². The van der Waals surface area contributed by atoms with Gasteiger partial charge >= 0.3 is 0 Å². The molecule has 1 aliphatic rings. The number of benzene rings is 2. The van der Waals surface area contributed by atoms with Gasteiger partial charge in [0.15, 0.2) is 0 Å². The Morgan fingerprint density at radius 1 is 1.15 bits per heavy atom. The second kappa shape index (κ2) is 9.43. The average molecular weight is 494 g/mol. The summed E-state index contributed by atoms with van der Waals surface area (Å²) < 4.78 is 1.80. The van der Waals surface area contributed by atoms with Crippen molar-refractivity contribution in [3.63, 3.8) is 0 Å². The maximum Gasteiger partial charge on any atom is 0.255 e. The van der Waals surface area contributed by atoms with Gasteiger partial charge in [0.25, 0.3) is 5.91 Å². The highest BCUT2D eigenvalue weighted by atomic mass is 35.5. The number of halogens is 1. The molecular weight excluding hydrogens is 474 g/mol. The molecule has 0 saturated carbocycles. The Morgan fingerprint density at radius 2 is 1.94 bits per heavy atom. The summed E-state index contributed by atoms with van der Waals surface area (Å²) in [5.41, 5.74) is 3.13. The first-order valence-corrected chi connectivity index (χ1v) is 12.5. The minimum Gasteiger partial charge on any atom is -0.328 e. The van der Waals surface area contributed by atoms with Gasteiger partial charge in [-0.15, -0.1) is 16.4 Å². The number of nitrogens with zero attached hydrogens (tertiary/aromatic N) is 3. The van der Waals surface area contributed by atoms with Gasteiger partial charge in [-0.3, -0.25) is 4.79 Å². The van der Waals surface area contributed by atoms with E-state index in [0.717, 1.165) is 26.8 Å². The van der Waals surface area contributed by atoms with Gasteiger partial charge in [-0.05, 0) is 42.1 Å². The predicted octanol–water partition coefficient (Wildman–Crippen LogP) is 6.21. The van der Waals surface area contributed by atoms with Crippen LogP contribution in [0.25, 0.3) is 0 Å². The molecule has 0 fully saturated rings. The van der Waals surface area contributed by atoms with Crippen LogP contribution in [0.3, 0.4) is 0 Å². The van der Waals surface area contributed by atoms with Gasteiger partial charge in [-0.1, -0.05) is 65.8 Å². The van der Waals surface area contributed by atoms with Crippen molar-refractivity contribution >= 4 is 52.2 Å². The lowest BCUT2D eigenvalue weighted by molar-refractivity contribution is -0.113. The predicted molar refractivity (Wildman–Crippen MR) is 135 cm³/mol. The highest BCUT2D eigenvalue weighted by Crippen LogP contribution is 2.38. The van der Waals surface area contributed by atoms with Gasteiger partial charge in [0.05, 0.1) is 5.57 Å². The molecule has 0 bridgehead atoms. The monoisotopic (exact) mass is 493 g/mol. The molecule has 2 aromatic carbocycles. The van der Waals surface area contributed by atoms with E-state index >= 15 is 0 Å². The van der Waals surface area contributed by atoms with E-state index in [1.54, 1.807) is 16.0 Å². The Labute approximate surface area is 204 Å². The topological polar surface area (TPSA) is 71.8 Å². The zero-order valence-corrected chi connectivity index (χ0v) is 20.0. The van der Waals surface area contributed by atoms with Crippen LogP contribution in [-0.2, 0) is 10.5 Å². The molecule has 1 aliphatic heterocycles. The number of thiophene rings is 1. The number of allylic oxidation sites excluding steroid dienone is 1. The van der Waals surface area contributed by atoms with Crippen molar-refractivity contribution in [3.8, 4) is 0 Å². The van der Waals surface area contributed by atoms with Crippen molar-refractivity contribution in [2.75, 3.05) is 10.6 Å². The molecule has 0 spiro atoms. The fraction of sp³-hybridized carbons (Fsp3) is 0.125. The number of carbonyl (C=O) groups excluding carboxylic acids is 1. The van der Waals surface area contributed by atoms with Crippen molar-refractivity contribution in [1.29, 1.82) is 0 Å². The Balaban J connectivity index is 1.46. The second-order valence-corrected chi connectivity index (χ2v) is 9.77. The molecule has 1 unspecified atom stereocenters. The lowest BCUT2D eigenvalue weighted by atomic mass is 10.0. The van der Waals surface area contributed by atoms with Gasteiger partial charge in [0, 0.05) is 27.0 Å². The number of aromatic nitrogens is 3. The molecule has 0 aliphatic carbocycles. The normalized spacial score (nSPS) is 15.2. The maximum absolute atomic E-state index is 13.4. The van der Waals surface area contributed by atoms with Crippen LogP contribution in [0, 0.1) is 0 Å². The third-order valence-electron chi connectivity index (χ3n) is 5.24. The number of hydrogen-bond donors (Lipinski definition) is 2. The Hall–Kier alpha value is -3.07. The molecule has 0 saturated heterocycles. The standard InChI is InChI=1S/C24H20ClN5OS2/c1-15-20(22(31)27-17-9-3-2-4-10-17)21(19-12-7-13-32-19)30-23(26-15)28-24(29-30)33-14-16-8-5-6-11-18(16)25/h2-13,21H,14H2,1H3,(H,27,31)(H,26,28,29). The first-order chi connectivity index (χ1) is 16.1. The maximum atomic E-state index is 13.4. The van der Waals surface area contributed by atoms with Gasteiger partial charge in [0.1, 0.15) is 6.04 Å². The minimum absolute atomic E-state index is 0.170. The van der Waals surface area contributed by atoms with E-state index in [-0.39, 0.29) is 11.9 Å². The third-order valence-corrected chi connectivity index (χ3v) is 7.42. The smallest absolute Gasteiger partial charge is 0.255 e. The number of amides is 1. The largest absolute Gasteiger partial charge is 0.328 e. The van der Waals surface area contributed by atoms with Crippen LogP contribution in [0.15, 0.2) is 88.5 Å². The van der Waals surface area contributed by atoms with Crippen molar-refractivity contribution in [1.82, 2.24) is 14.8 Å². The highest BCUT2D eigenvalue weighted by Gasteiger charge is 2.35. The van der Waals surface area contributed by atoms with Crippen molar-refractivity contribution in [2.24, 2.45) is 0 Å². The fourth-order valence-electron chi connectivity index (χ4n) is 3.67. The SMILES string of the molecule is CC1=C(C(=O)Nc2ccccc2)C(c2cccs2)n2nc(SCc3ccccc3Cl)nc2N1. The van der Waals surface area contributed by atoms with Crippen LogP contribution in [0.1, 0.15) is 23.4 Å². The van der Waals surface area contributed by atoms with Gasteiger partial charge in [-0.2, -0.15) is 4.98 Å². The summed E-state index contributed by atoms with van der Waals surface area (Å²) in [4.78, 5) is 19.1. The molecule has 6 nitrogen and oxygen atoms in total. The fourth-order valence-corrected chi connectivity index (χ4v) is 5.61. The van der Waals surface area contributed by atoms with Crippen molar-refractivity contribution in [3.05, 3.63) is 98.8 Å². The highest BCUT2D eigenvalue weighted by molar-refractivity contribution is 7.98. The first kappa shape index (κ1) is 21.8. The molecule has 5 rings (SSSR count). The minimum atomic E-state index is -0.368. The number of thioether (sulfide) groups is 1. The van der Waals surface area contributed by atoms with E-state index in [1.165, 1.54) is 11.8 Å². The molecule has 0 radical (unpaired) electrons. The van der Waals surface area contributed by atoms with E-state index in [1.807, 2.05) is 79.0 Å². The molecule has 1 amide bonds. The molecule has 9 heteroatoms. The first-order valence-electron chi connectivity index (χ1n) is 10.3. The number of fused-ring (bicyclic) bond motifs is 1. The van der Waals surface area contributed by atoms with E-state index in [9.17, 15) is 4.79 Å². The van der Waals surface area contributed by atoms with Crippen LogP contribution in [0.4, 0.5) is 11.6 Å². The summed E-state index contributed by atoms with van der Waals surface area (Å²) in [5, 5.41) is 14.4. The lowest BCUT2D eigenvalue weighted by Gasteiger charge is -2.27. The zero-order valence-electron chi connectivity index (χ0n) is 17.7. The molecule has 1 atom stereocenters. The molecule has 4 aromatic rings. The summed E-state index contributed by atoms with van der Waals surface area (Å²) in [5.74, 6) is 1.10. The van der Waals surface area contributed by atoms with Crippen LogP contribution in [0.2, 0.25) is 5.02 Å². The summed E-state index contributed by atoms with van der Waals surface area (Å²) in [6, 6.07) is 20.8. The van der Waals surface area contributed by atoms with Crippen LogP contribution >= 0.6 is 34.7 Å². The molecule has 2 aromatic heterocycles. The molecule has 3 heterocycles. The Morgan fingerprint density at radius 3 is 2.70 bits per heavy atom. The van der Waals surface area contributed by atoms with E-state index in [2.05, 4.69) is 15.6 Å². The number of anilines is 2. The Bertz CT molecular complexity index is 1320. The van der Waals surface area contributed by atoms with Crippen LogP contribution < -0.4 is 10.6 Å². The number of carbonyl (C=O) groups is 1. The number of nitrogens with one attached hydrogen (secondary N) is 2. The van der Waals surface area contributed by atoms with E-state index in [4.69, 9.17) is 16.7 Å². The summed E-state index contributed by atoms with van der Waals surface area (Å²) in [7, 11) is 0. The van der Waals surface area contributed by atoms with Gasteiger partial charge in [0.2, 0.25) is 11.1 Å². The molecular formula is C24H20ClN5OS2. The molecule has 2 N–H and O–H groups in total. The molecule has 33 heavy (non-hydrogen) atoms. The number of rotatable bonds is 6. The van der Waals surface area contributed by atoms with Crippen LogP contribution in [0.5, 0.6) is 0 Å². The lowest BCUT2D eigenvalue weighted by Crippen LogP contribution is -2.31. The zero-order chi connectivity index (χ0) is 22.8. The Kier molecular flexibility index (Phi) is 6.22. The van der Waals surface area contributed by atoms with E-state index < -0.39 is 0 Å². The third kappa shape index (κ3) is 4.55. The number of para-hydroxylation sites is 1. The average Bonchev–Trinajstić information content (AvgIpc) is 3.48. The summed E-state index contributed by atoms with van der Waals surface area (Å²) in [6.07, 6.45) is 0. The summed E-state index contributed by atoms with van der Waals surface area (Å²) in [6.45, 7) is 1.90. The quantitative estimate of drug-likeness (QED) is 0.312. The van der Waals surface area contributed by atoms with Gasteiger partial charge in [-0.25, -0.2) is 4.68 Å². The van der Waals surface area contributed by atoms with Gasteiger partial charge < -0.3 is 10.6 Å². The van der Waals surface area contributed by atoms with Crippen molar-refractivity contribution in [2.45, 2.75) is 23.9 Å². The van der Waals surface area contributed by atoms with Crippen molar-refractivity contribution < 1.29 is 4.79 Å². The second-order valence-electron chi connectivity index (χ2n) is 7.44. The number of hydrogen-bond acceptors (Lipinski definition) is 6. The molecule has 166 valence electrons. The van der Waals surface area contributed by atoms with E-state index in [0.29, 0.717) is 22.4 Å².